The van der Waals surface area contributed by atoms with Gasteiger partial charge in [0.15, 0.2) is 0 Å². The van der Waals surface area contributed by atoms with E-state index < -0.39 is 6.04 Å². The highest BCUT2D eigenvalue weighted by atomic mass is 16.2. The van der Waals surface area contributed by atoms with Gasteiger partial charge in [0, 0.05) is 19.2 Å². The summed E-state index contributed by atoms with van der Waals surface area (Å²) in [5.41, 5.74) is 7.11. The minimum absolute atomic E-state index is 0.0289. The van der Waals surface area contributed by atoms with Gasteiger partial charge in [0.2, 0.25) is 5.91 Å². The molecular formula is C22H29N3O2. The van der Waals surface area contributed by atoms with Crippen LogP contribution in [0.5, 0.6) is 0 Å². The number of carbonyl (C=O) groups is 2. The number of benzene rings is 2. The second kappa shape index (κ2) is 9.33. The first kappa shape index (κ1) is 20.6. The van der Waals surface area contributed by atoms with Crippen molar-refractivity contribution in [3.8, 4) is 0 Å². The molecule has 144 valence electrons. The first-order valence-electron chi connectivity index (χ1n) is 9.17. The quantitative estimate of drug-likeness (QED) is 0.753. The fourth-order valence-electron chi connectivity index (χ4n) is 2.89. The number of hydrogen-bond donors (Lipinski definition) is 2. The second-order valence-electron chi connectivity index (χ2n) is 7.63. The Labute approximate surface area is 161 Å². The number of nitrogens with two attached hydrogens (primary N) is 1. The van der Waals surface area contributed by atoms with Crippen LogP contribution in [0.4, 0.5) is 0 Å². The second-order valence-corrected chi connectivity index (χ2v) is 7.63. The lowest BCUT2D eigenvalue weighted by atomic mass is 9.93. The van der Waals surface area contributed by atoms with Crippen LogP contribution in [0.25, 0.3) is 0 Å². The van der Waals surface area contributed by atoms with Gasteiger partial charge in [0.25, 0.3) is 5.91 Å². The fourth-order valence-corrected chi connectivity index (χ4v) is 2.89. The summed E-state index contributed by atoms with van der Waals surface area (Å²) in [5.74, 6) is -0.221. The molecule has 0 saturated heterocycles. The summed E-state index contributed by atoms with van der Waals surface area (Å²) in [4.78, 5) is 27.1. The van der Waals surface area contributed by atoms with E-state index in [1.807, 2.05) is 62.4 Å². The standard InChI is InChI=1S/C22H29N3O2/c1-22(2,15-23)16-25(3)20(26)14-19(17-10-6-4-7-11-17)24-21(27)18-12-8-5-9-13-18/h4-13,19H,14-16,23H2,1-3H3,(H,24,27). The average molecular weight is 367 g/mol. The Bertz CT molecular complexity index is 745. The van der Waals surface area contributed by atoms with Crippen molar-refractivity contribution >= 4 is 11.8 Å². The molecule has 27 heavy (non-hydrogen) atoms. The molecule has 0 saturated carbocycles. The molecule has 0 aromatic heterocycles. The summed E-state index contributed by atoms with van der Waals surface area (Å²) in [6.07, 6.45) is 0.194. The molecule has 0 spiro atoms. The van der Waals surface area contributed by atoms with Crippen molar-refractivity contribution in [3.63, 3.8) is 0 Å². The number of rotatable bonds is 8. The zero-order chi connectivity index (χ0) is 19.9. The first-order valence-corrected chi connectivity index (χ1v) is 9.17. The average Bonchev–Trinajstić information content (AvgIpc) is 2.68. The van der Waals surface area contributed by atoms with E-state index in [9.17, 15) is 9.59 Å². The molecule has 0 bridgehead atoms. The molecule has 0 aliphatic carbocycles. The van der Waals surface area contributed by atoms with E-state index in [1.54, 1.807) is 24.1 Å². The van der Waals surface area contributed by atoms with Gasteiger partial charge in [0.1, 0.15) is 0 Å². The maximum absolute atomic E-state index is 12.8. The van der Waals surface area contributed by atoms with Crippen LogP contribution >= 0.6 is 0 Å². The van der Waals surface area contributed by atoms with Gasteiger partial charge in [-0.15, -0.1) is 0 Å². The fraction of sp³-hybridized carbons (Fsp3) is 0.364. The summed E-state index contributed by atoms with van der Waals surface area (Å²) in [6.45, 7) is 5.12. The minimum atomic E-state index is -0.394. The van der Waals surface area contributed by atoms with Crippen molar-refractivity contribution in [2.45, 2.75) is 26.3 Å². The van der Waals surface area contributed by atoms with Crippen molar-refractivity contribution < 1.29 is 9.59 Å². The lowest BCUT2D eigenvalue weighted by Gasteiger charge is -2.30. The van der Waals surface area contributed by atoms with Crippen molar-refractivity contribution in [1.29, 1.82) is 0 Å². The summed E-state index contributed by atoms with van der Waals surface area (Å²) in [6, 6.07) is 18.2. The molecule has 2 amide bonds. The smallest absolute Gasteiger partial charge is 0.251 e. The van der Waals surface area contributed by atoms with Crippen LogP contribution in [0.2, 0.25) is 0 Å². The van der Waals surface area contributed by atoms with Crippen LogP contribution in [0.3, 0.4) is 0 Å². The zero-order valence-corrected chi connectivity index (χ0v) is 16.3. The summed E-state index contributed by atoms with van der Waals surface area (Å²) in [5, 5.41) is 3.00. The third kappa shape index (κ3) is 6.22. The van der Waals surface area contributed by atoms with Crippen molar-refractivity contribution in [2.75, 3.05) is 20.1 Å². The lowest BCUT2D eigenvalue weighted by Crippen LogP contribution is -2.41. The minimum Gasteiger partial charge on any atom is -0.345 e. The Morgan fingerprint density at radius 2 is 1.59 bits per heavy atom. The highest BCUT2D eigenvalue weighted by molar-refractivity contribution is 5.94. The molecule has 5 nitrogen and oxygen atoms in total. The van der Waals surface area contributed by atoms with E-state index in [2.05, 4.69) is 5.32 Å². The number of nitrogens with one attached hydrogen (secondary N) is 1. The van der Waals surface area contributed by atoms with E-state index in [-0.39, 0.29) is 23.7 Å². The molecule has 2 aromatic carbocycles. The van der Waals surface area contributed by atoms with Crippen LogP contribution in [-0.2, 0) is 4.79 Å². The van der Waals surface area contributed by atoms with Crippen molar-refractivity contribution in [1.82, 2.24) is 10.2 Å². The number of hydrogen-bond acceptors (Lipinski definition) is 3. The van der Waals surface area contributed by atoms with Crippen molar-refractivity contribution in [3.05, 3.63) is 71.8 Å². The van der Waals surface area contributed by atoms with E-state index in [0.29, 0.717) is 18.7 Å². The molecule has 3 N–H and O–H groups in total. The predicted octanol–water partition coefficient (Wildman–Crippen LogP) is 2.99. The molecule has 1 atom stereocenters. The summed E-state index contributed by atoms with van der Waals surface area (Å²) in [7, 11) is 1.78. The maximum atomic E-state index is 12.8. The Kier molecular flexibility index (Phi) is 7.13. The predicted molar refractivity (Wildman–Crippen MR) is 108 cm³/mol. The monoisotopic (exact) mass is 367 g/mol. The van der Waals surface area contributed by atoms with E-state index in [0.717, 1.165) is 5.56 Å². The normalized spacial score (nSPS) is 12.3. The molecule has 0 heterocycles. The van der Waals surface area contributed by atoms with Gasteiger partial charge in [-0.05, 0) is 29.7 Å². The van der Waals surface area contributed by atoms with Crippen LogP contribution in [-0.4, -0.2) is 36.9 Å². The number of amides is 2. The highest BCUT2D eigenvalue weighted by Gasteiger charge is 2.25. The molecule has 5 heteroatoms. The van der Waals surface area contributed by atoms with Crippen LogP contribution in [0, 0.1) is 5.41 Å². The van der Waals surface area contributed by atoms with Gasteiger partial charge in [-0.2, -0.15) is 0 Å². The first-order chi connectivity index (χ1) is 12.8. The van der Waals surface area contributed by atoms with Gasteiger partial charge < -0.3 is 16.0 Å². The van der Waals surface area contributed by atoms with E-state index in [1.165, 1.54) is 0 Å². The molecule has 1 unspecified atom stereocenters. The van der Waals surface area contributed by atoms with Crippen molar-refractivity contribution in [2.24, 2.45) is 11.1 Å². The Balaban J connectivity index is 2.14. The van der Waals surface area contributed by atoms with Gasteiger partial charge >= 0.3 is 0 Å². The molecule has 2 aromatic rings. The van der Waals surface area contributed by atoms with Crippen LogP contribution in [0.15, 0.2) is 60.7 Å². The van der Waals surface area contributed by atoms with Crippen LogP contribution < -0.4 is 11.1 Å². The third-order valence-corrected chi connectivity index (χ3v) is 4.57. The zero-order valence-electron chi connectivity index (χ0n) is 16.3. The topological polar surface area (TPSA) is 75.4 Å². The summed E-state index contributed by atoms with van der Waals surface area (Å²) < 4.78 is 0. The molecule has 0 radical (unpaired) electrons. The Morgan fingerprint density at radius 1 is 1.04 bits per heavy atom. The molecule has 0 aliphatic rings. The van der Waals surface area contributed by atoms with Crippen LogP contribution in [0.1, 0.15) is 42.2 Å². The Hall–Kier alpha value is -2.66. The molecule has 0 aliphatic heterocycles. The lowest BCUT2D eigenvalue weighted by molar-refractivity contribution is -0.131. The maximum Gasteiger partial charge on any atom is 0.251 e. The van der Waals surface area contributed by atoms with Gasteiger partial charge in [-0.1, -0.05) is 62.4 Å². The van der Waals surface area contributed by atoms with Gasteiger partial charge in [-0.25, -0.2) is 0 Å². The van der Waals surface area contributed by atoms with Gasteiger partial charge in [-0.3, -0.25) is 9.59 Å². The number of nitrogens with zero attached hydrogens (tertiary/aromatic N) is 1. The molecule has 0 fully saturated rings. The van der Waals surface area contributed by atoms with Gasteiger partial charge in [0.05, 0.1) is 12.5 Å². The molecule has 2 rings (SSSR count). The molecular weight excluding hydrogens is 338 g/mol. The largest absolute Gasteiger partial charge is 0.345 e. The Morgan fingerprint density at radius 3 is 2.15 bits per heavy atom. The third-order valence-electron chi connectivity index (χ3n) is 4.57. The number of carbonyl (C=O) groups excluding carboxylic acids is 2. The van der Waals surface area contributed by atoms with E-state index in [4.69, 9.17) is 5.73 Å². The van der Waals surface area contributed by atoms with E-state index >= 15 is 0 Å². The highest BCUT2D eigenvalue weighted by Crippen LogP contribution is 2.20. The SMILES string of the molecule is CN(CC(C)(C)CN)C(=O)CC(NC(=O)c1ccccc1)c1ccccc1. The summed E-state index contributed by atoms with van der Waals surface area (Å²) >= 11 is 0.